The van der Waals surface area contributed by atoms with E-state index in [1.165, 1.54) is 16.7 Å². The Morgan fingerprint density at radius 3 is 2.52 bits per heavy atom. The highest BCUT2D eigenvalue weighted by molar-refractivity contribution is 9.10. The first-order valence-corrected chi connectivity index (χ1v) is 7.22. The highest BCUT2D eigenvalue weighted by Gasteiger charge is 2.17. The highest BCUT2D eigenvalue weighted by Crippen LogP contribution is 2.27. The van der Waals surface area contributed by atoms with Crippen molar-refractivity contribution in [2.75, 3.05) is 0 Å². The van der Waals surface area contributed by atoms with E-state index in [4.69, 9.17) is 11.6 Å². The topological polar surface area (TPSA) is 17.8 Å². The Balaban J connectivity index is 2.36. The number of benzene rings is 2. The van der Waals surface area contributed by atoms with Crippen LogP contribution in [-0.4, -0.2) is 9.55 Å². The third kappa shape index (κ3) is 2.42. The maximum atomic E-state index is 13.8. The van der Waals surface area contributed by atoms with Crippen LogP contribution in [0.15, 0.2) is 34.8 Å². The second-order valence-electron chi connectivity index (χ2n) is 4.35. The summed E-state index contributed by atoms with van der Waals surface area (Å²) < 4.78 is 42.7. The summed E-state index contributed by atoms with van der Waals surface area (Å²) in [5.41, 5.74) is 0.582. The molecule has 0 N–H and O–H groups in total. The number of aromatic nitrogens is 2. The summed E-state index contributed by atoms with van der Waals surface area (Å²) in [6, 6.07) is 6.24. The normalized spacial score (nSPS) is 11.3. The molecule has 0 saturated heterocycles. The molecule has 0 atom stereocenters. The monoisotopic (exact) mass is 374 g/mol. The van der Waals surface area contributed by atoms with Crippen molar-refractivity contribution in [3.8, 4) is 5.69 Å². The second-order valence-corrected chi connectivity index (χ2v) is 5.47. The van der Waals surface area contributed by atoms with E-state index in [9.17, 15) is 13.2 Å². The van der Waals surface area contributed by atoms with Crippen molar-refractivity contribution >= 4 is 38.6 Å². The van der Waals surface area contributed by atoms with Gasteiger partial charge in [0.15, 0.2) is 5.82 Å². The summed E-state index contributed by atoms with van der Waals surface area (Å²) in [6.45, 7) is 0. The molecule has 3 aromatic rings. The van der Waals surface area contributed by atoms with Gasteiger partial charge in [0.05, 0.1) is 21.6 Å². The van der Waals surface area contributed by atoms with Crippen molar-refractivity contribution in [2.45, 2.75) is 5.88 Å². The zero-order chi connectivity index (χ0) is 15.1. The number of halogens is 5. The number of imidazole rings is 1. The minimum atomic E-state index is -0.785. The molecule has 0 fully saturated rings. The Hall–Kier alpha value is -1.53. The number of fused-ring (bicyclic) bond motifs is 1. The Bertz CT molecular complexity index is 848. The molecule has 3 rings (SSSR count). The molecule has 21 heavy (non-hydrogen) atoms. The molecule has 0 aliphatic carbocycles. The van der Waals surface area contributed by atoms with E-state index in [-0.39, 0.29) is 16.9 Å². The van der Waals surface area contributed by atoms with Gasteiger partial charge in [-0.1, -0.05) is 0 Å². The van der Waals surface area contributed by atoms with Gasteiger partial charge in [-0.3, -0.25) is 4.57 Å². The molecule has 0 spiro atoms. The van der Waals surface area contributed by atoms with Crippen LogP contribution in [0.25, 0.3) is 16.7 Å². The van der Waals surface area contributed by atoms with Crippen molar-refractivity contribution in [1.29, 1.82) is 0 Å². The van der Waals surface area contributed by atoms with Gasteiger partial charge in [-0.15, -0.1) is 11.6 Å². The Kier molecular flexibility index (Phi) is 3.67. The smallest absolute Gasteiger partial charge is 0.153 e. The van der Waals surface area contributed by atoms with Crippen LogP contribution in [-0.2, 0) is 5.88 Å². The Labute approximate surface area is 131 Å². The molecule has 0 amide bonds. The fraction of sp³-hybridized carbons (Fsp3) is 0.0714. The van der Waals surface area contributed by atoms with Gasteiger partial charge in [0.1, 0.15) is 23.0 Å². The van der Waals surface area contributed by atoms with Crippen LogP contribution in [0.4, 0.5) is 13.2 Å². The van der Waals surface area contributed by atoms with Crippen LogP contribution < -0.4 is 0 Å². The maximum Gasteiger partial charge on any atom is 0.153 e. The number of hydrogen-bond acceptors (Lipinski definition) is 1. The van der Waals surface area contributed by atoms with Gasteiger partial charge in [0.2, 0.25) is 0 Å². The molecule has 2 nitrogen and oxygen atoms in total. The number of rotatable bonds is 2. The molecule has 108 valence electrons. The summed E-state index contributed by atoms with van der Waals surface area (Å²) in [7, 11) is 0. The lowest BCUT2D eigenvalue weighted by Gasteiger charge is -2.08. The molecule has 7 heteroatoms. The van der Waals surface area contributed by atoms with Crippen LogP contribution >= 0.6 is 27.5 Å². The van der Waals surface area contributed by atoms with Gasteiger partial charge in [-0.25, -0.2) is 18.2 Å². The van der Waals surface area contributed by atoms with Gasteiger partial charge in [-0.2, -0.15) is 0 Å². The van der Waals surface area contributed by atoms with Crippen LogP contribution in [0.1, 0.15) is 5.82 Å². The first-order valence-electron chi connectivity index (χ1n) is 5.89. The minimum absolute atomic E-state index is 0.00428. The summed E-state index contributed by atoms with van der Waals surface area (Å²) in [5.74, 6) is -1.73. The zero-order valence-electron chi connectivity index (χ0n) is 10.4. The van der Waals surface area contributed by atoms with Crippen molar-refractivity contribution in [3.63, 3.8) is 0 Å². The summed E-state index contributed by atoms with van der Waals surface area (Å²) in [4.78, 5) is 4.06. The van der Waals surface area contributed by atoms with Crippen LogP contribution in [0.3, 0.4) is 0 Å². The molecular weight excluding hydrogens is 369 g/mol. The van der Waals surface area contributed by atoms with Crippen LogP contribution in [0.2, 0.25) is 0 Å². The van der Waals surface area contributed by atoms with Gasteiger partial charge in [-0.05, 0) is 34.1 Å². The summed E-state index contributed by atoms with van der Waals surface area (Å²) in [6.07, 6.45) is 0. The average molecular weight is 376 g/mol. The predicted molar refractivity (Wildman–Crippen MR) is 78.2 cm³/mol. The predicted octanol–water partition coefficient (Wildman–Crippen LogP) is 4.94. The first kappa shape index (κ1) is 14.4. The van der Waals surface area contributed by atoms with E-state index in [0.717, 1.165) is 12.1 Å². The molecular formula is C14H7BrClF3N2. The van der Waals surface area contributed by atoms with Crippen molar-refractivity contribution in [2.24, 2.45) is 0 Å². The molecule has 0 aliphatic heterocycles. The van der Waals surface area contributed by atoms with Gasteiger partial charge >= 0.3 is 0 Å². The third-order valence-corrected chi connectivity index (χ3v) is 3.91. The molecule has 0 aliphatic rings. The SMILES string of the molecule is Fc1cc(F)c2nc(CCl)n(-c3ccc(Br)c(F)c3)c2c1. The number of alkyl halides is 1. The van der Waals surface area contributed by atoms with Crippen molar-refractivity contribution < 1.29 is 13.2 Å². The van der Waals surface area contributed by atoms with E-state index >= 15 is 0 Å². The largest absolute Gasteiger partial charge is 0.295 e. The van der Waals surface area contributed by atoms with E-state index in [0.29, 0.717) is 16.0 Å². The minimum Gasteiger partial charge on any atom is -0.295 e. The molecule has 0 saturated carbocycles. The highest BCUT2D eigenvalue weighted by atomic mass is 79.9. The van der Waals surface area contributed by atoms with E-state index in [1.807, 2.05) is 0 Å². The van der Waals surface area contributed by atoms with Crippen LogP contribution in [0, 0.1) is 17.5 Å². The third-order valence-electron chi connectivity index (χ3n) is 3.03. The summed E-state index contributed by atoms with van der Waals surface area (Å²) >= 11 is 8.87. The Morgan fingerprint density at radius 1 is 1.10 bits per heavy atom. The molecule has 0 bridgehead atoms. The average Bonchev–Trinajstić information content (AvgIpc) is 2.80. The molecule has 2 aromatic carbocycles. The van der Waals surface area contributed by atoms with Crippen molar-refractivity contribution in [1.82, 2.24) is 9.55 Å². The number of hydrogen-bond donors (Lipinski definition) is 0. The Morgan fingerprint density at radius 2 is 1.86 bits per heavy atom. The maximum absolute atomic E-state index is 13.8. The lowest BCUT2D eigenvalue weighted by molar-refractivity contribution is 0.590. The standard InChI is InChI=1S/C14H7BrClF3N2/c15-9-2-1-8(5-10(9)18)21-12-4-7(17)3-11(19)14(12)20-13(21)6-16/h1-5H,6H2. The lowest BCUT2D eigenvalue weighted by atomic mass is 10.2. The van der Waals surface area contributed by atoms with Crippen molar-refractivity contribution in [3.05, 3.63) is 58.1 Å². The van der Waals surface area contributed by atoms with Gasteiger partial charge < -0.3 is 0 Å². The zero-order valence-corrected chi connectivity index (χ0v) is 12.7. The van der Waals surface area contributed by atoms with E-state index in [1.54, 1.807) is 6.07 Å². The molecule has 1 aromatic heterocycles. The fourth-order valence-electron chi connectivity index (χ4n) is 2.15. The van der Waals surface area contributed by atoms with E-state index < -0.39 is 17.5 Å². The first-order chi connectivity index (χ1) is 10.0. The molecule has 0 unspecified atom stereocenters. The molecule has 1 heterocycles. The second kappa shape index (κ2) is 5.35. The van der Waals surface area contributed by atoms with Crippen LogP contribution in [0.5, 0.6) is 0 Å². The lowest BCUT2D eigenvalue weighted by Crippen LogP contribution is -2.00. The fourth-order valence-corrected chi connectivity index (χ4v) is 2.58. The van der Waals surface area contributed by atoms with E-state index in [2.05, 4.69) is 20.9 Å². The molecule has 0 radical (unpaired) electrons. The van der Waals surface area contributed by atoms with Gasteiger partial charge in [0, 0.05) is 12.1 Å². The van der Waals surface area contributed by atoms with Gasteiger partial charge in [0.25, 0.3) is 0 Å². The summed E-state index contributed by atoms with van der Waals surface area (Å²) in [5, 5.41) is 0. The number of nitrogens with zero attached hydrogens (tertiary/aromatic N) is 2. The quantitative estimate of drug-likeness (QED) is 0.580.